The van der Waals surface area contributed by atoms with Gasteiger partial charge in [0, 0.05) is 25.0 Å². The molecule has 0 radical (unpaired) electrons. The van der Waals surface area contributed by atoms with Crippen LogP contribution < -0.4 is 11.3 Å². The number of nitrogens with one attached hydrogen (secondary N) is 1. The molecule has 2 aliphatic rings. The average molecular weight is 223 g/mol. The van der Waals surface area contributed by atoms with Crippen molar-refractivity contribution in [3.8, 4) is 12.3 Å². The molecule has 2 aliphatic heterocycles. The summed E-state index contributed by atoms with van der Waals surface area (Å²) in [5.74, 6) is 8.22. The SMILES string of the molecule is C#CCCC(NN)C1CN2CCCC2CO1. The standard InChI is InChI=1S/C12H21N3O/c1-2-3-6-11(14-13)12-8-15-7-4-5-10(15)9-16-12/h1,10-12,14H,3-9,13H2. The molecule has 3 unspecified atom stereocenters. The highest BCUT2D eigenvalue weighted by Crippen LogP contribution is 2.24. The third-order valence-electron chi connectivity index (χ3n) is 3.68. The molecule has 0 aromatic rings. The summed E-state index contributed by atoms with van der Waals surface area (Å²) in [7, 11) is 0. The lowest BCUT2D eigenvalue weighted by atomic mass is 10.0. The summed E-state index contributed by atoms with van der Waals surface area (Å²) in [6, 6.07) is 0.819. The molecular weight excluding hydrogens is 202 g/mol. The zero-order valence-corrected chi connectivity index (χ0v) is 9.69. The number of morpholine rings is 1. The van der Waals surface area contributed by atoms with Gasteiger partial charge in [-0.15, -0.1) is 12.3 Å². The molecule has 0 saturated carbocycles. The van der Waals surface area contributed by atoms with E-state index in [1.54, 1.807) is 0 Å². The fourth-order valence-electron chi connectivity index (χ4n) is 2.70. The Hall–Kier alpha value is -0.600. The van der Waals surface area contributed by atoms with E-state index in [9.17, 15) is 0 Å². The molecule has 16 heavy (non-hydrogen) atoms. The summed E-state index contributed by atoms with van der Waals surface area (Å²) >= 11 is 0. The van der Waals surface area contributed by atoms with Gasteiger partial charge in [0.05, 0.1) is 12.7 Å². The van der Waals surface area contributed by atoms with E-state index in [4.69, 9.17) is 17.0 Å². The van der Waals surface area contributed by atoms with Gasteiger partial charge in [0.15, 0.2) is 0 Å². The molecule has 2 saturated heterocycles. The van der Waals surface area contributed by atoms with Crippen LogP contribution >= 0.6 is 0 Å². The Bertz CT molecular complexity index is 263. The average Bonchev–Trinajstić information content (AvgIpc) is 2.77. The molecule has 3 N–H and O–H groups in total. The van der Waals surface area contributed by atoms with E-state index >= 15 is 0 Å². The maximum Gasteiger partial charge on any atom is 0.0869 e. The fourth-order valence-corrected chi connectivity index (χ4v) is 2.70. The highest BCUT2D eigenvalue weighted by atomic mass is 16.5. The summed E-state index contributed by atoms with van der Waals surface area (Å²) in [5.41, 5.74) is 2.84. The Kier molecular flexibility index (Phi) is 4.19. The van der Waals surface area contributed by atoms with Gasteiger partial charge in [-0.3, -0.25) is 16.2 Å². The molecule has 90 valence electrons. The van der Waals surface area contributed by atoms with Crippen LogP contribution in [0.15, 0.2) is 0 Å². The van der Waals surface area contributed by atoms with Gasteiger partial charge in [-0.1, -0.05) is 0 Å². The number of nitrogens with two attached hydrogens (primary N) is 1. The van der Waals surface area contributed by atoms with Crippen molar-refractivity contribution >= 4 is 0 Å². The van der Waals surface area contributed by atoms with Gasteiger partial charge in [-0.05, 0) is 25.8 Å². The van der Waals surface area contributed by atoms with Crippen molar-refractivity contribution in [2.45, 2.75) is 43.9 Å². The number of hydrogen-bond donors (Lipinski definition) is 2. The quantitative estimate of drug-likeness (QED) is 0.403. The molecule has 0 spiro atoms. The van der Waals surface area contributed by atoms with Crippen LogP contribution in [0.5, 0.6) is 0 Å². The van der Waals surface area contributed by atoms with E-state index in [0.717, 1.165) is 26.0 Å². The molecule has 0 aliphatic carbocycles. The molecule has 3 atom stereocenters. The summed E-state index contributed by atoms with van der Waals surface area (Å²) in [6.07, 6.45) is 9.67. The van der Waals surface area contributed by atoms with Gasteiger partial charge in [-0.2, -0.15) is 0 Å². The highest BCUT2D eigenvalue weighted by Gasteiger charge is 2.35. The maximum atomic E-state index is 5.89. The van der Waals surface area contributed by atoms with Gasteiger partial charge in [-0.25, -0.2) is 0 Å². The van der Waals surface area contributed by atoms with Crippen molar-refractivity contribution in [1.29, 1.82) is 0 Å². The van der Waals surface area contributed by atoms with Gasteiger partial charge in [0.2, 0.25) is 0 Å². The molecule has 2 heterocycles. The first-order chi connectivity index (χ1) is 7.85. The van der Waals surface area contributed by atoms with E-state index in [1.807, 2.05) is 0 Å². The van der Waals surface area contributed by atoms with E-state index < -0.39 is 0 Å². The van der Waals surface area contributed by atoms with Gasteiger partial charge in [0.25, 0.3) is 0 Å². The van der Waals surface area contributed by atoms with Crippen LogP contribution in [0, 0.1) is 12.3 Å². The molecule has 0 amide bonds. The normalized spacial score (nSPS) is 32.0. The Morgan fingerprint density at radius 3 is 3.25 bits per heavy atom. The summed E-state index contributed by atoms with van der Waals surface area (Å²) in [6.45, 7) is 3.04. The highest BCUT2D eigenvalue weighted by molar-refractivity contribution is 4.92. The predicted octanol–water partition coefficient (Wildman–Crippen LogP) is 0.0949. The van der Waals surface area contributed by atoms with Crippen LogP contribution in [-0.4, -0.2) is 42.8 Å². The lowest BCUT2D eigenvalue weighted by Gasteiger charge is -2.38. The maximum absolute atomic E-state index is 5.89. The molecule has 4 heteroatoms. The van der Waals surface area contributed by atoms with E-state index in [2.05, 4.69) is 16.2 Å². The minimum Gasteiger partial charge on any atom is -0.374 e. The molecule has 2 fully saturated rings. The van der Waals surface area contributed by atoms with Crippen LogP contribution in [0.1, 0.15) is 25.7 Å². The van der Waals surface area contributed by atoms with Crippen LogP contribution in [0.4, 0.5) is 0 Å². The number of ether oxygens (including phenoxy) is 1. The second-order valence-electron chi connectivity index (χ2n) is 4.68. The summed E-state index contributed by atoms with van der Waals surface area (Å²) in [4.78, 5) is 2.52. The second kappa shape index (κ2) is 5.65. The lowest BCUT2D eigenvalue weighted by Crippen LogP contribution is -2.55. The topological polar surface area (TPSA) is 50.5 Å². The first-order valence-electron chi connectivity index (χ1n) is 6.10. The Labute approximate surface area is 97.5 Å². The zero-order chi connectivity index (χ0) is 11.4. The summed E-state index contributed by atoms with van der Waals surface area (Å²) < 4.78 is 5.89. The van der Waals surface area contributed by atoms with Gasteiger partial charge < -0.3 is 4.74 Å². The van der Waals surface area contributed by atoms with Crippen molar-refractivity contribution in [3.63, 3.8) is 0 Å². The van der Waals surface area contributed by atoms with E-state index in [-0.39, 0.29) is 12.1 Å². The third-order valence-corrected chi connectivity index (χ3v) is 3.68. The summed E-state index contributed by atoms with van der Waals surface area (Å²) in [5, 5.41) is 0. The second-order valence-corrected chi connectivity index (χ2v) is 4.68. The number of terminal acetylenes is 1. The van der Waals surface area contributed by atoms with Crippen LogP contribution in [-0.2, 0) is 4.74 Å². The lowest BCUT2D eigenvalue weighted by molar-refractivity contribution is -0.0654. The first-order valence-corrected chi connectivity index (χ1v) is 6.10. The van der Waals surface area contributed by atoms with Crippen LogP contribution in [0.25, 0.3) is 0 Å². The number of nitrogens with zero attached hydrogens (tertiary/aromatic N) is 1. The van der Waals surface area contributed by atoms with Crippen molar-refractivity contribution in [3.05, 3.63) is 0 Å². The largest absolute Gasteiger partial charge is 0.374 e. The van der Waals surface area contributed by atoms with Gasteiger partial charge >= 0.3 is 0 Å². The van der Waals surface area contributed by atoms with Crippen molar-refractivity contribution < 1.29 is 4.74 Å². The van der Waals surface area contributed by atoms with Gasteiger partial charge in [0.1, 0.15) is 0 Å². The molecule has 2 rings (SSSR count). The van der Waals surface area contributed by atoms with Crippen LogP contribution in [0.3, 0.4) is 0 Å². The predicted molar refractivity (Wildman–Crippen MR) is 63.5 cm³/mol. The Morgan fingerprint density at radius 1 is 1.62 bits per heavy atom. The monoisotopic (exact) mass is 223 g/mol. The molecule has 0 bridgehead atoms. The smallest absolute Gasteiger partial charge is 0.0869 e. The number of rotatable bonds is 4. The molecule has 0 aromatic heterocycles. The minimum absolute atomic E-state index is 0.178. The van der Waals surface area contributed by atoms with E-state index in [0.29, 0.717) is 6.04 Å². The zero-order valence-electron chi connectivity index (χ0n) is 9.69. The van der Waals surface area contributed by atoms with Crippen molar-refractivity contribution in [2.75, 3.05) is 19.7 Å². The molecule has 4 nitrogen and oxygen atoms in total. The first kappa shape index (κ1) is 11.9. The molecular formula is C12H21N3O. The minimum atomic E-state index is 0.178. The third kappa shape index (κ3) is 2.55. The van der Waals surface area contributed by atoms with E-state index in [1.165, 1.54) is 19.4 Å². The van der Waals surface area contributed by atoms with Crippen molar-refractivity contribution in [1.82, 2.24) is 10.3 Å². The van der Waals surface area contributed by atoms with Crippen LogP contribution in [0.2, 0.25) is 0 Å². The number of hydrazine groups is 1. The van der Waals surface area contributed by atoms with Crippen molar-refractivity contribution in [2.24, 2.45) is 5.84 Å². The number of hydrogen-bond acceptors (Lipinski definition) is 4. The number of fused-ring (bicyclic) bond motifs is 1. The molecule has 0 aromatic carbocycles. The fraction of sp³-hybridized carbons (Fsp3) is 0.833. The Balaban J connectivity index is 1.86. The Morgan fingerprint density at radius 2 is 2.50 bits per heavy atom.